The van der Waals surface area contributed by atoms with Gasteiger partial charge in [0.15, 0.2) is 9.84 Å². The molecule has 0 spiro atoms. The lowest BCUT2D eigenvalue weighted by atomic mass is 9.94. The Hall–Kier alpha value is -0.130. The van der Waals surface area contributed by atoms with E-state index in [1.807, 2.05) is 6.92 Å². The van der Waals surface area contributed by atoms with Crippen LogP contribution in [0.1, 0.15) is 39.0 Å². The van der Waals surface area contributed by atoms with Crippen LogP contribution in [-0.2, 0) is 9.84 Å². The zero-order valence-corrected chi connectivity index (χ0v) is 11.5. The smallest absolute Gasteiger partial charge is 0.153 e. The lowest BCUT2D eigenvalue weighted by molar-refractivity contribution is 0.201. The van der Waals surface area contributed by atoms with Crippen molar-refractivity contribution in [3.63, 3.8) is 0 Å². The van der Waals surface area contributed by atoms with E-state index >= 15 is 0 Å². The lowest BCUT2D eigenvalue weighted by Gasteiger charge is -2.35. The molecule has 2 N–H and O–H groups in total. The molecule has 2 rings (SSSR count). The Morgan fingerprint density at radius 1 is 1.35 bits per heavy atom. The quantitative estimate of drug-likeness (QED) is 0.814. The highest BCUT2D eigenvalue weighted by molar-refractivity contribution is 7.91. The molecule has 1 saturated carbocycles. The van der Waals surface area contributed by atoms with E-state index in [1.54, 1.807) is 0 Å². The van der Waals surface area contributed by atoms with Gasteiger partial charge in [0.2, 0.25) is 0 Å². The predicted molar refractivity (Wildman–Crippen MR) is 69.7 cm³/mol. The number of sulfone groups is 1. The summed E-state index contributed by atoms with van der Waals surface area (Å²) in [4.78, 5) is 2.29. The maximum atomic E-state index is 11.5. The van der Waals surface area contributed by atoms with Crippen LogP contribution in [0.2, 0.25) is 0 Å². The molecule has 4 nitrogen and oxygen atoms in total. The van der Waals surface area contributed by atoms with E-state index < -0.39 is 9.84 Å². The van der Waals surface area contributed by atoms with Crippen molar-refractivity contribution in [2.24, 2.45) is 5.73 Å². The third-order valence-corrected chi connectivity index (χ3v) is 6.10. The van der Waals surface area contributed by atoms with Gasteiger partial charge in [0, 0.05) is 24.7 Å². The van der Waals surface area contributed by atoms with Gasteiger partial charge in [-0.25, -0.2) is 8.42 Å². The van der Waals surface area contributed by atoms with Crippen molar-refractivity contribution in [3.05, 3.63) is 0 Å². The summed E-state index contributed by atoms with van der Waals surface area (Å²) in [7, 11) is -2.79. The molecule has 1 aliphatic heterocycles. The zero-order chi connectivity index (χ0) is 12.5. The Bertz CT molecular complexity index is 361. The topological polar surface area (TPSA) is 63.4 Å². The van der Waals surface area contributed by atoms with Crippen molar-refractivity contribution in [1.82, 2.24) is 4.90 Å². The first kappa shape index (κ1) is 13.3. The van der Waals surface area contributed by atoms with Crippen LogP contribution in [0.15, 0.2) is 0 Å². The summed E-state index contributed by atoms with van der Waals surface area (Å²) in [6.07, 6.45) is 5.78. The molecule has 5 heteroatoms. The summed E-state index contributed by atoms with van der Waals surface area (Å²) in [5.41, 5.74) is 6.35. The van der Waals surface area contributed by atoms with Crippen LogP contribution in [0.5, 0.6) is 0 Å². The molecular weight excluding hydrogens is 236 g/mol. The minimum atomic E-state index is -2.79. The van der Waals surface area contributed by atoms with Crippen LogP contribution in [0.25, 0.3) is 0 Å². The number of nitrogens with two attached hydrogens (primary N) is 1. The normalized spacial score (nSPS) is 32.7. The molecule has 1 aliphatic carbocycles. The second-order valence-corrected chi connectivity index (χ2v) is 8.05. The van der Waals surface area contributed by atoms with Crippen molar-refractivity contribution < 1.29 is 8.42 Å². The number of hydrogen-bond acceptors (Lipinski definition) is 4. The fraction of sp³-hybridized carbons (Fsp3) is 1.00. The first-order chi connectivity index (χ1) is 7.90. The minimum Gasteiger partial charge on any atom is -0.325 e. The van der Waals surface area contributed by atoms with Crippen LogP contribution in [0, 0.1) is 0 Å². The highest BCUT2D eigenvalue weighted by Crippen LogP contribution is 2.30. The Balaban J connectivity index is 1.84. The molecule has 2 aliphatic rings. The molecule has 0 amide bonds. The van der Waals surface area contributed by atoms with E-state index in [4.69, 9.17) is 5.73 Å². The molecule has 0 aromatic carbocycles. The first-order valence-electron chi connectivity index (χ1n) is 6.64. The van der Waals surface area contributed by atoms with Crippen LogP contribution in [0.3, 0.4) is 0 Å². The van der Waals surface area contributed by atoms with E-state index in [1.165, 1.54) is 12.8 Å². The third kappa shape index (κ3) is 3.42. The Labute approximate surface area is 104 Å². The number of hydrogen-bond donors (Lipinski definition) is 1. The van der Waals surface area contributed by atoms with Gasteiger partial charge in [-0.2, -0.15) is 0 Å². The molecule has 0 aromatic rings. The molecular formula is C12H24N2O2S. The van der Waals surface area contributed by atoms with Crippen LogP contribution < -0.4 is 5.73 Å². The molecule has 0 bridgehead atoms. The molecule has 1 saturated heterocycles. The average Bonchev–Trinajstić information content (AvgIpc) is 2.63. The van der Waals surface area contributed by atoms with E-state index in [-0.39, 0.29) is 11.6 Å². The van der Waals surface area contributed by atoms with Crippen molar-refractivity contribution in [2.45, 2.75) is 50.6 Å². The number of rotatable bonds is 3. The molecule has 1 atom stereocenters. The molecule has 100 valence electrons. The SMILES string of the molecule is CC1CS(=O)(=O)CCN1CCC1(N)CCCC1. The van der Waals surface area contributed by atoms with Crippen molar-refractivity contribution >= 4 is 9.84 Å². The third-order valence-electron chi connectivity index (χ3n) is 4.30. The van der Waals surface area contributed by atoms with Gasteiger partial charge < -0.3 is 5.73 Å². The van der Waals surface area contributed by atoms with Gasteiger partial charge in [0.25, 0.3) is 0 Å². The summed E-state index contributed by atoms with van der Waals surface area (Å²) in [6, 6.07) is 0.152. The fourth-order valence-corrected chi connectivity index (χ4v) is 4.69. The van der Waals surface area contributed by atoms with E-state index in [2.05, 4.69) is 4.90 Å². The summed E-state index contributed by atoms with van der Waals surface area (Å²) in [5.74, 6) is 0.624. The van der Waals surface area contributed by atoms with Crippen molar-refractivity contribution in [2.75, 3.05) is 24.6 Å². The Kier molecular flexibility index (Phi) is 3.80. The van der Waals surface area contributed by atoms with Gasteiger partial charge in [-0.15, -0.1) is 0 Å². The molecule has 0 radical (unpaired) electrons. The first-order valence-corrected chi connectivity index (χ1v) is 8.46. The minimum absolute atomic E-state index is 0.0239. The number of nitrogens with zero attached hydrogens (tertiary/aromatic N) is 1. The maximum Gasteiger partial charge on any atom is 0.153 e. The monoisotopic (exact) mass is 260 g/mol. The zero-order valence-electron chi connectivity index (χ0n) is 10.7. The molecule has 1 heterocycles. The standard InChI is InChI=1S/C12H24N2O2S/c1-11-10-17(15,16)9-8-14(11)7-6-12(13)4-2-3-5-12/h11H,2-10,13H2,1H3. The van der Waals surface area contributed by atoms with Crippen molar-refractivity contribution in [3.8, 4) is 0 Å². The maximum absolute atomic E-state index is 11.5. The van der Waals surface area contributed by atoms with Gasteiger partial charge in [-0.3, -0.25) is 4.90 Å². The summed E-state index contributed by atoms with van der Waals surface area (Å²) in [6.45, 7) is 3.64. The van der Waals surface area contributed by atoms with E-state index in [0.29, 0.717) is 18.1 Å². The van der Waals surface area contributed by atoms with Gasteiger partial charge in [0.1, 0.15) is 0 Å². The largest absolute Gasteiger partial charge is 0.325 e. The summed E-state index contributed by atoms with van der Waals surface area (Å²) < 4.78 is 23.0. The van der Waals surface area contributed by atoms with Gasteiger partial charge in [-0.1, -0.05) is 12.8 Å². The van der Waals surface area contributed by atoms with Gasteiger partial charge in [-0.05, 0) is 26.2 Å². The highest BCUT2D eigenvalue weighted by atomic mass is 32.2. The predicted octanol–water partition coefficient (Wildman–Crippen LogP) is 0.767. The molecule has 1 unspecified atom stereocenters. The summed E-state index contributed by atoms with van der Waals surface area (Å²) >= 11 is 0. The molecule has 17 heavy (non-hydrogen) atoms. The highest BCUT2D eigenvalue weighted by Gasteiger charge is 2.32. The molecule has 0 aromatic heterocycles. The second kappa shape index (κ2) is 4.86. The lowest BCUT2D eigenvalue weighted by Crippen LogP contribution is -2.49. The van der Waals surface area contributed by atoms with Crippen LogP contribution >= 0.6 is 0 Å². The molecule has 2 fully saturated rings. The second-order valence-electron chi connectivity index (χ2n) is 5.82. The van der Waals surface area contributed by atoms with Crippen LogP contribution in [0.4, 0.5) is 0 Å². The summed E-state index contributed by atoms with van der Waals surface area (Å²) in [5, 5.41) is 0. The Morgan fingerprint density at radius 2 is 2.00 bits per heavy atom. The van der Waals surface area contributed by atoms with Crippen LogP contribution in [-0.4, -0.2) is 49.5 Å². The van der Waals surface area contributed by atoms with Gasteiger partial charge >= 0.3 is 0 Å². The van der Waals surface area contributed by atoms with Crippen molar-refractivity contribution in [1.29, 1.82) is 0 Å². The Morgan fingerprint density at radius 3 is 2.59 bits per heavy atom. The fourth-order valence-electron chi connectivity index (χ4n) is 3.06. The average molecular weight is 260 g/mol. The van der Waals surface area contributed by atoms with Gasteiger partial charge in [0.05, 0.1) is 11.5 Å². The van der Waals surface area contributed by atoms with E-state index in [9.17, 15) is 8.42 Å². The van der Waals surface area contributed by atoms with E-state index in [0.717, 1.165) is 25.8 Å².